The summed E-state index contributed by atoms with van der Waals surface area (Å²) in [7, 11) is 0. The van der Waals surface area contributed by atoms with Gasteiger partial charge in [-0.1, -0.05) is 6.92 Å². The molecule has 1 aromatic heterocycles. The number of likely N-dealkylation sites (tertiary alicyclic amines) is 1. The molecule has 1 fully saturated rings. The second-order valence-electron chi connectivity index (χ2n) is 5.53. The molecular weight excluding hydrogens is 248 g/mol. The van der Waals surface area contributed by atoms with Gasteiger partial charge in [-0.3, -0.25) is 4.98 Å². The van der Waals surface area contributed by atoms with E-state index in [-0.39, 0.29) is 0 Å². The third-order valence-electron chi connectivity index (χ3n) is 4.20. The van der Waals surface area contributed by atoms with Crippen molar-refractivity contribution in [3.8, 4) is 0 Å². The highest BCUT2D eigenvalue weighted by molar-refractivity contribution is 5.98. The van der Waals surface area contributed by atoms with E-state index in [1.54, 1.807) is 0 Å². The summed E-state index contributed by atoms with van der Waals surface area (Å²) in [5, 5.41) is 4.58. The van der Waals surface area contributed by atoms with Gasteiger partial charge in [-0.2, -0.15) is 0 Å². The summed E-state index contributed by atoms with van der Waals surface area (Å²) in [5.41, 5.74) is 8.85. The number of nitrogens with zero attached hydrogens (tertiary/aromatic N) is 2. The Balaban J connectivity index is 1.74. The molecule has 2 heterocycles. The van der Waals surface area contributed by atoms with Gasteiger partial charge in [-0.15, -0.1) is 0 Å². The van der Waals surface area contributed by atoms with Gasteiger partial charge >= 0.3 is 0 Å². The van der Waals surface area contributed by atoms with Gasteiger partial charge in [0, 0.05) is 30.4 Å². The first-order valence-corrected chi connectivity index (χ1v) is 7.37. The van der Waals surface area contributed by atoms with E-state index in [9.17, 15) is 0 Å². The fourth-order valence-corrected chi connectivity index (χ4v) is 2.96. The minimum absolute atomic E-state index is 0.728. The van der Waals surface area contributed by atoms with Crippen LogP contribution in [0.4, 0.5) is 11.4 Å². The maximum atomic E-state index is 6.01. The molecule has 0 spiro atoms. The first kappa shape index (κ1) is 13.2. The van der Waals surface area contributed by atoms with Crippen LogP contribution in [0.1, 0.15) is 13.3 Å². The van der Waals surface area contributed by atoms with Gasteiger partial charge in [0.2, 0.25) is 0 Å². The van der Waals surface area contributed by atoms with Crippen LogP contribution in [0.2, 0.25) is 0 Å². The van der Waals surface area contributed by atoms with Gasteiger partial charge in [0.25, 0.3) is 0 Å². The molecule has 1 aliphatic heterocycles. The highest BCUT2D eigenvalue weighted by Gasteiger charge is 2.20. The van der Waals surface area contributed by atoms with Crippen LogP contribution in [0.3, 0.4) is 0 Å². The lowest BCUT2D eigenvalue weighted by atomic mass is 10.1. The summed E-state index contributed by atoms with van der Waals surface area (Å²) in [6.07, 6.45) is 3.10. The van der Waals surface area contributed by atoms with E-state index in [1.165, 1.54) is 19.5 Å². The van der Waals surface area contributed by atoms with Gasteiger partial charge in [0.05, 0.1) is 11.2 Å². The SMILES string of the molecule is CCN1CCC(CNc2ccc(N)c3cccnc23)C1. The van der Waals surface area contributed by atoms with Crippen LogP contribution in [0.25, 0.3) is 10.9 Å². The van der Waals surface area contributed by atoms with E-state index in [4.69, 9.17) is 5.73 Å². The van der Waals surface area contributed by atoms with E-state index in [1.807, 2.05) is 30.5 Å². The summed E-state index contributed by atoms with van der Waals surface area (Å²) in [5.74, 6) is 0.728. The predicted octanol–water partition coefficient (Wildman–Crippen LogP) is 2.57. The molecule has 1 aliphatic rings. The predicted molar refractivity (Wildman–Crippen MR) is 84.9 cm³/mol. The molecule has 4 nitrogen and oxygen atoms in total. The maximum Gasteiger partial charge on any atom is 0.0953 e. The van der Waals surface area contributed by atoms with Crippen LogP contribution in [-0.2, 0) is 0 Å². The van der Waals surface area contributed by atoms with Crippen LogP contribution in [0.15, 0.2) is 30.5 Å². The van der Waals surface area contributed by atoms with Gasteiger partial charge in [-0.25, -0.2) is 0 Å². The monoisotopic (exact) mass is 270 g/mol. The molecule has 2 aromatic rings. The second kappa shape index (κ2) is 5.67. The van der Waals surface area contributed by atoms with E-state index in [2.05, 4.69) is 22.1 Å². The normalized spacial score (nSPS) is 19.6. The third-order valence-corrected chi connectivity index (χ3v) is 4.20. The van der Waals surface area contributed by atoms with Crippen molar-refractivity contribution in [2.75, 3.05) is 37.2 Å². The van der Waals surface area contributed by atoms with E-state index >= 15 is 0 Å². The molecule has 106 valence electrons. The minimum atomic E-state index is 0.728. The molecular formula is C16H22N4. The zero-order valence-electron chi connectivity index (χ0n) is 12.0. The third kappa shape index (κ3) is 2.56. The number of pyridine rings is 1. The van der Waals surface area contributed by atoms with Crippen molar-refractivity contribution in [2.45, 2.75) is 13.3 Å². The molecule has 0 aliphatic carbocycles. The van der Waals surface area contributed by atoms with Gasteiger partial charge in [0.15, 0.2) is 0 Å². The molecule has 1 aromatic carbocycles. The summed E-state index contributed by atoms with van der Waals surface area (Å²) >= 11 is 0. The zero-order valence-corrected chi connectivity index (χ0v) is 12.0. The average Bonchev–Trinajstić information content (AvgIpc) is 2.95. The van der Waals surface area contributed by atoms with Crippen molar-refractivity contribution in [1.82, 2.24) is 9.88 Å². The number of fused-ring (bicyclic) bond motifs is 1. The number of nitrogens with two attached hydrogens (primary N) is 1. The van der Waals surface area contributed by atoms with Crippen LogP contribution in [-0.4, -0.2) is 36.1 Å². The molecule has 4 heteroatoms. The molecule has 1 unspecified atom stereocenters. The van der Waals surface area contributed by atoms with Crippen molar-refractivity contribution in [3.05, 3.63) is 30.5 Å². The highest BCUT2D eigenvalue weighted by Crippen LogP contribution is 2.27. The minimum Gasteiger partial charge on any atom is -0.398 e. The first-order chi connectivity index (χ1) is 9.78. The largest absolute Gasteiger partial charge is 0.398 e. The standard InChI is InChI=1S/C16H22N4/c1-2-20-9-7-12(11-20)10-19-15-6-5-14(17)13-4-3-8-18-16(13)15/h3-6,8,12,19H,2,7,9-11,17H2,1H3. The Morgan fingerprint density at radius 1 is 1.40 bits per heavy atom. The van der Waals surface area contributed by atoms with Crippen molar-refractivity contribution in [1.29, 1.82) is 0 Å². The lowest BCUT2D eigenvalue weighted by Crippen LogP contribution is -2.22. The average molecular weight is 270 g/mol. The number of nitrogen functional groups attached to an aromatic ring is 1. The van der Waals surface area contributed by atoms with Crippen LogP contribution in [0.5, 0.6) is 0 Å². The van der Waals surface area contributed by atoms with Crippen LogP contribution in [0, 0.1) is 5.92 Å². The van der Waals surface area contributed by atoms with E-state index in [0.717, 1.165) is 41.3 Å². The first-order valence-electron chi connectivity index (χ1n) is 7.37. The number of hydrogen-bond donors (Lipinski definition) is 2. The Hall–Kier alpha value is -1.81. The van der Waals surface area contributed by atoms with Crippen molar-refractivity contribution in [3.63, 3.8) is 0 Å². The Morgan fingerprint density at radius 3 is 3.10 bits per heavy atom. The fraction of sp³-hybridized carbons (Fsp3) is 0.438. The lowest BCUT2D eigenvalue weighted by Gasteiger charge is -2.15. The quantitative estimate of drug-likeness (QED) is 0.838. The topological polar surface area (TPSA) is 54.2 Å². The molecule has 0 amide bonds. The summed E-state index contributed by atoms with van der Waals surface area (Å²) in [4.78, 5) is 6.97. The second-order valence-corrected chi connectivity index (χ2v) is 5.53. The summed E-state index contributed by atoms with van der Waals surface area (Å²) in [6.45, 7) is 6.82. The smallest absolute Gasteiger partial charge is 0.0953 e. The van der Waals surface area contributed by atoms with Gasteiger partial charge in [0.1, 0.15) is 0 Å². The van der Waals surface area contributed by atoms with Gasteiger partial charge in [-0.05, 0) is 49.7 Å². The summed E-state index contributed by atoms with van der Waals surface area (Å²) < 4.78 is 0. The molecule has 0 saturated carbocycles. The van der Waals surface area contributed by atoms with Crippen molar-refractivity contribution in [2.24, 2.45) is 5.92 Å². The number of aromatic nitrogens is 1. The number of hydrogen-bond acceptors (Lipinski definition) is 4. The highest BCUT2D eigenvalue weighted by atomic mass is 15.1. The van der Waals surface area contributed by atoms with E-state index < -0.39 is 0 Å². The molecule has 0 radical (unpaired) electrons. The number of benzene rings is 1. The van der Waals surface area contributed by atoms with Crippen molar-refractivity contribution < 1.29 is 0 Å². The molecule has 3 N–H and O–H groups in total. The Labute approximate surface area is 120 Å². The Kier molecular flexibility index (Phi) is 3.74. The molecule has 1 atom stereocenters. The Morgan fingerprint density at radius 2 is 2.30 bits per heavy atom. The molecule has 1 saturated heterocycles. The van der Waals surface area contributed by atoms with Crippen molar-refractivity contribution >= 4 is 22.3 Å². The number of anilines is 2. The van der Waals surface area contributed by atoms with Crippen LogP contribution < -0.4 is 11.1 Å². The lowest BCUT2D eigenvalue weighted by molar-refractivity contribution is 0.345. The molecule has 3 rings (SSSR count). The maximum absolute atomic E-state index is 6.01. The summed E-state index contributed by atoms with van der Waals surface area (Å²) in [6, 6.07) is 7.95. The zero-order chi connectivity index (χ0) is 13.9. The fourth-order valence-electron chi connectivity index (χ4n) is 2.96. The molecule has 20 heavy (non-hydrogen) atoms. The number of rotatable bonds is 4. The van der Waals surface area contributed by atoms with E-state index in [0.29, 0.717) is 0 Å². The molecule has 0 bridgehead atoms. The Bertz CT molecular complexity index is 596. The van der Waals surface area contributed by atoms with Crippen LogP contribution >= 0.6 is 0 Å². The number of nitrogens with one attached hydrogen (secondary N) is 1. The van der Waals surface area contributed by atoms with Gasteiger partial charge < -0.3 is 16.0 Å².